The molecular formula is C39H62O12. The molecule has 6 N–H and O–H groups in total. The molecular weight excluding hydrogens is 660 g/mol. The Morgan fingerprint density at radius 2 is 1.55 bits per heavy atom. The molecule has 4 aliphatic heterocycles. The standard InChI is InChI=1S/C39H62O12/c1-18-8-13-39(47-16-18)19(2)28-26(51-39)15-25-23-7-6-21-14-22(9-11-37(21,4)24(23)10-12-38(25,28)5)49-36-34(45)32(43)30(41)27(50-36)17-46-35-33(44)31(42)29(40)20(3)48-35/h6,18-20,22-36,40-45H,7-17H2,1-5H3/t18-,19-,20-,22-,23+,24+,25-,26-,27-,28-,29+,30-,31+,32-,33-,34-,35-,36-,37-,38-,39+/m0/s1. The van der Waals surface area contributed by atoms with Crippen molar-refractivity contribution in [2.45, 2.75) is 172 Å². The Bertz CT molecular complexity index is 1300. The summed E-state index contributed by atoms with van der Waals surface area (Å²) in [5.41, 5.74) is 1.75. The van der Waals surface area contributed by atoms with Gasteiger partial charge in [-0.1, -0.05) is 39.3 Å². The number of rotatable bonds is 5. The molecule has 3 saturated carbocycles. The zero-order chi connectivity index (χ0) is 36.2. The fourth-order valence-electron chi connectivity index (χ4n) is 12.5. The third-order valence-corrected chi connectivity index (χ3v) is 15.6. The fraction of sp³-hybridized carbons (Fsp3) is 0.949. The van der Waals surface area contributed by atoms with Crippen LogP contribution in [0.2, 0.25) is 0 Å². The molecule has 8 aliphatic rings. The monoisotopic (exact) mass is 722 g/mol. The highest BCUT2D eigenvalue weighted by molar-refractivity contribution is 5.26. The van der Waals surface area contributed by atoms with Crippen molar-refractivity contribution in [1.29, 1.82) is 0 Å². The summed E-state index contributed by atoms with van der Waals surface area (Å²) in [5.74, 6) is 2.99. The van der Waals surface area contributed by atoms with Gasteiger partial charge in [-0.3, -0.25) is 0 Å². The van der Waals surface area contributed by atoms with Crippen molar-refractivity contribution in [2.75, 3.05) is 13.2 Å². The van der Waals surface area contributed by atoms with Crippen LogP contribution in [0.1, 0.15) is 92.4 Å². The van der Waals surface area contributed by atoms with Crippen LogP contribution in [-0.4, -0.2) is 123 Å². The third-order valence-electron chi connectivity index (χ3n) is 15.6. The van der Waals surface area contributed by atoms with E-state index >= 15 is 0 Å². The second-order valence-corrected chi connectivity index (χ2v) is 18.3. The fourth-order valence-corrected chi connectivity index (χ4v) is 12.5. The van der Waals surface area contributed by atoms with E-state index in [-0.39, 0.29) is 29.6 Å². The van der Waals surface area contributed by atoms with Crippen LogP contribution >= 0.6 is 0 Å². The summed E-state index contributed by atoms with van der Waals surface area (Å²) in [7, 11) is 0. The molecule has 7 fully saturated rings. The smallest absolute Gasteiger partial charge is 0.186 e. The van der Waals surface area contributed by atoms with Gasteiger partial charge in [0.2, 0.25) is 0 Å². The van der Waals surface area contributed by atoms with Crippen LogP contribution in [-0.2, 0) is 28.4 Å². The van der Waals surface area contributed by atoms with E-state index < -0.39 is 67.2 Å². The first-order chi connectivity index (χ1) is 24.2. The molecule has 290 valence electrons. The Kier molecular flexibility index (Phi) is 9.83. The Morgan fingerprint density at radius 1 is 0.804 bits per heavy atom. The molecule has 4 aliphatic carbocycles. The maximum absolute atomic E-state index is 10.9. The number of allylic oxidation sites excluding steroid dienone is 1. The lowest BCUT2D eigenvalue weighted by molar-refractivity contribution is -0.334. The average Bonchev–Trinajstić information content (AvgIpc) is 3.56. The summed E-state index contributed by atoms with van der Waals surface area (Å²) in [6.07, 6.45) is -1.32. The van der Waals surface area contributed by atoms with Gasteiger partial charge in [-0.2, -0.15) is 0 Å². The summed E-state index contributed by atoms with van der Waals surface area (Å²) < 4.78 is 37.0. The molecule has 4 saturated heterocycles. The van der Waals surface area contributed by atoms with Gasteiger partial charge in [0.25, 0.3) is 0 Å². The molecule has 0 amide bonds. The van der Waals surface area contributed by atoms with Gasteiger partial charge in [0, 0.05) is 12.3 Å². The molecule has 0 aromatic carbocycles. The molecule has 12 nitrogen and oxygen atoms in total. The molecule has 12 heteroatoms. The summed E-state index contributed by atoms with van der Waals surface area (Å²) in [4.78, 5) is 0. The van der Waals surface area contributed by atoms with Crippen LogP contribution < -0.4 is 0 Å². The lowest BCUT2D eigenvalue weighted by Gasteiger charge is -2.58. The van der Waals surface area contributed by atoms with E-state index in [0.29, 0.717) is 35.5 Å². The minimum atomic E-state index is -1.54. The first-order valence-corrected chi connectivity index (χ1v) is 19.8. The molecule has 1 spiro atoms. The van der Waals surface area contributed by atoms with Crippen LogP contribution in [0.15, 0.2) is 11.6 Å². The summed E-state index contributed by atoms with van der Waals surface area (Å²) in [6, 6.07) is 0. The van der Waals surface area contributed by atoms with Gasteiger partial charge in [-0.15, -0.1) is 0 Å². The van der Waals surface area contributed by atoms with E-state index in [1.807, 2.05) is 0 Å². The van der Waals surface area contributed by atoms with Gasteiger partial charge in [-0.05, 0) is 98.7 Å². The molecule has 0 aromatic heterocycles. The number of aliphatic hydroxyl groups excluding tert-OH is 6. The highest BCUT2D eigenvalue weighted by atomic mass is 16.7. The van der Waals surface area contributed by atoms with Gasteiger partial charge >= 0.3 is 0 Å². The predicted molar refractivity (Wildman–Crippen MR) is 182 cm³/mol. The number of hydrogen-bond acceptors (Lipinski definition) is 12. The molecule has 0 unspecified atom stereocenters. The SMILES string of the molecule is C[C@H]1CC[C@@]2(OC1)O[C@H]1C[C@H]3[C@@H]4CC=C5C[C@@H](O[C@H]6O[C@@H](CO[C@H]7O[C@@H](C)[C@@H](O)[C@@H](O)[C@@H]7O)[C@H](O)[C@H](O)[C@@H]6O)CC[C@]5(C)[C@@H]4CC[C@]3(C)[C@H]1[C@@H]2C. The molecule has 4 heterocycles. The number of ether oxygens (including phenoxy) is 6. The molecule has 0 aromatic rings. The Morgan fingerprint density at radius 3 is 2.29 bits per heavy atom. The summed E-state index contributed by atoms with van der Waals surface area (Å²) in [5, 5.41) is 62.8. The quantitative estimate of drug-likeness (QED) is 0.229. The van der Waals surface area contributed by atoms with Gasteiger partial charge < -0.3 is 59.1 Å². The third kappa shape index (κ3) is 5.93. The lowest BCUT2D eigenvalue weighted by Crippen LogP contribution is -2.61. The van der Waals surface area contributed by atoms with Crippen molar-refractivity contribution in [3.05, 3.63) is 11.6 Å². The minimum Gasteiger partial charge on any atom is -0.388 e. The summed E-state index contributed by atoms with van der Waals surface area (Å²) in [6.45, 7) is 11.7. The second-order valence-electron chi connectivity index (χ2n) is 18.3. The normalized spacial score (nSPS) is 58.4. The Hall–Kier alpha value is -0.740. The van der Waals surface area contributed by atoms with E-state index in [9.17, 15) is 30.6 Å². The van der Waals surface area contributed by atoms with Crippen molar-refractivity contribution in [1.82, 2.24) is 0 Å². The largest absolute Gasteiger partial charge is 0.388 e. The van der Waals surface area contributed by atoms with Crippen molar-refractivity contribution in [3.63, 3.8) is 0 Å². The van der Waals surface area contributed by atoms with Crippen LogP contribution in [0.3, 0.4) is 0 Å². The minimum absolute atomic E-state index is 0.0757. The van der Waals surface area contributed by atoms with Gasteiger partial charge in [0.05, 0.1) is 31.5 Å². The highest BCUT2D eigenvalue weighted by Crippen LogP contribution is 2.70. The molecule has 0 radical (unpaired) electrons. The van der Waals surface area contributed by atoms with Gasteiger partial charge in [-0.25, -0.2) is 0 Å². The van der Waals surface area contributed by atoms with E-state index in [1.54, 1.807) is 6.92 Å². The van der Waals surface area contributed by atoms with Crippen LogP contribution in [0.25, 0.3) is 0 Å². The number of hydrogen-bond donors (Lipinski definition) is 6. The van der Waals surface area contributed by atoms with Crippen molar-refractivity contribution in [3.8, 4) is 0 Å². The maximum Gasteiger partial charge on any atom is 0.186 e. The predicted octanol–water partition coefficient (Wildman–Crippen LogP) is 2.39. The van der Waals surface area contributed by atoms with E-state index in [1.165, 1.54) is 24.8 Å². The van der Waals surface area contributed by atoms with Crippen molar-refractivity contribution >= 4 is 0 Å². The lowest BCUT2D eigenvalue weighted by atomic mass is 9.47. The average molecular weight is 723 g/mol. The van der Waals surface area contributed by atoms with E-state index in [0.717, 1.165) is 45.1 Å². The maximum atomic E-state index is 10.9. The Labute approximate surface area is 301 Å². The molecule has 21 atom stereocenters. The van der Waals surface area contributed by atoms with Crippen LogP contribution in [0.4, 0.5) is 0 Å². The van der Waals surface area contributed by atoms with E-state index in [2.05, 4.69) is 33.8 Å². The zero-order valence-electron chi connectivity index (χ0n) is 30.9. The topological polar surface area (TPSA) is 177 Å². The summed E-state index contributed by atoms with van der Waals surface area (Å²) >= 11 is 0. The molecule has 0 bridgehead atoms. The molecule has 51 heavy (non-hydrogen) atoms. The first kappa shape index (κ1) is 37.2. The number of aliphatic hydroxyl groups is 6. The van der Waals surface area contributed by atoms with Crippen molar-refractivity contribution < 1.29 is 59.1 Å². The first-order valence-electron chi connectivity index (χ1n) is 19.8. The Balaban J connectivity index is 0.909. The van der Waals surface area contributed by atoms with Gasteiger partial charge in [0.1, 0.15) is 42.7 Å². The zero-order valence-corrected chi connectivity index (χ0v) is 30.9. The van der Waals surface area contributed by atoms with Crippen LogP contribution in [0, 0.1) is 46.3 Å². The van der Waals surface area contributed by atoms with Gasteiger partial charge in [0.15, 0.2) is 18.4 Å². The van der Waals surface area contributed by atoms with E-state index in [4.69, 9.17) is 28.4 Å². The molecule has 8 rings (SSSR count). The second kappa shape index (κ2) is 13.5. The highest BCUT2D eigenvalue weighted by Gasteiger charge is 2.68. The van der Waals surface area contributed by atoms with Crippen molar-refractivity contribution in [2.24, 2.45) is 46.3 Å². The van der Waals surface area contributed by atoms with Crippen LogP contribution in [0.5, 0.6) is 0 Å². The number of fused-ring (bicyclic) bond motifs is 7.